The van der Waals surface area contributed by atoms with E-state index in [1.165, 1.54) is 24.3 Å². The monoisotopic (exact) mass is 332 g/mol. The lowest BCUT2D eigenvalue weighted by molar-refractivity contribution is 0.0951. The molecule has 2 rings (SSSR count). The third-order valence-electron chi connectivity index (χ3n) is 3.69. The van der Waals surface area contributed by atoms with Crippen LogP contribution in [0, 0.1) is 0 Å². The summed E-state index contributed by atoms with van der Waals surface area (Å²) in [7, 11) is 1.49. The van der Waals surface area contributed by atoms with Crippen molar-refractivity contribution in [1.82, 2.24) is 5.32 Å². The number of benzene rings is 2. The van der Waals surface area contributed by atoms with Gasteiger partial charge in [-0.1, -0.05) is 42.8 Å². The minimum Gasteiger partial charge on any atom is -0.496 e. The SMILES string of the molecule is CCc1ccc(CCNC(=O)c2cc(Cl)c(N)cc2OC)cc1. The number of ether oxygens (including phenoxy) is 1. The number of amides is 1. The highest BCUT2D eigenvalue weighted by molar-refractivity contribution is 6.33. The third kappa shape index (κ3) is 4.39. The number of hydrogen-bond donors (Lipinski definition) is 2. The molecule has 5 heteroatoms. The van der Waals surface area contributed by atoms with Crippen molar-refractivity contribution in [1.29, 1.82) is 0 Å². The summed E-state index contributed by atoms with van der Waals surface area (Å²) in [6.07, 6.45) is 1.79. The number of carbonyl (C=O) groups is 1. The number of hydrogen-bond acceptors (Lipinski definition) is 3. The van der Waals surface area contributed by atoms with Crippen molar-refractivity contribution in [3.8, 4) is 5.75 Å². The topological polar surface area (TPSA) is 64.4 Å². The van der Waals surface area contributed by atoms with Gasteiger partial charge in [0.2, 0.25) is 0 Å². The molecule has 0 aliphatic rings. The second-order valence-electron chi connectivity index (χ2n) is 5.25. The molecule has 2 aromatic carbocycles. The standard InChI is InChI=1S/C18H21ClN2O2/c1-3-12-4-6-13(7-5-12)8-9-21-18(22)14-10-15(19)16(20)11-17(14)23-2/h4-7,10-11H,3,8-9,20H2,1-2H3,(H,21,22). The van der Waals surface area contributed by atoms with Gasteiger partial charge in [-0.2, -0.15) is 0 Å². The highest BCUT2D eigenvalue weighted by atomic mass is 35.5. The van der Waals surface area contributed by atoms with Gasteiger partial charge in [-0.25, -0.2) is 0 Å². The molecule has 1 amide bonds. The minimum atomic E-state index is -0.228. The van der Waals surface area contributed by atoms with E-state index < -0.39 is 0 Å². The maximum atomic E-state index is 12.3. The van der Waals surface area contributed by atoms with Gasteiger partial charge < -0.3 is 15.8 Å². The maximum Gasteiger partial charge on any atom is 0.255 e. The Hall–Kier alpha value is -2.20. The van der Waals surface area contributed by atoms with Crippen LogP contribution in [0.15, 0.2) is 36.4 Å². The van der Waals surface area contributed by atoms with Crippen LogP contribution < -0.4 is 15.8 Å². The molecule has 0 aromatic heterocycles. The minimum absolute atomic E-state index is 0.228. The number of carbonyl (C=O) groups excluding carboxylic acids is 1. The molecule has 122 valence electrons. The van der Waals surface area contributed by atoms with E-state index in [4.69, 9.17) is 22.1 Å². The Balaban J connectivity index is 1.98. The Morgan fingerprint density at radius 3 is 2.48 bits per heavy atom. The number of halogens is 1. The summed E-state index contributed by atoms with van der Waals surface area (Å²) < 4.78 is 5.19. The number of methoxy groups -OCH3 is 1. The Morgan fingerprint density at radius 2 is 1.87 bits per heavy atom. The Kier molecular flexibility index (Phi) is 5.88. The molecule has 0 heterocycles. The van der Waals surface area contributed by atoms with Crippen molar-refractivity contribution in [3.05, 3.63) is 58.1 Å². The fraction of sp³-hybridized carbons (Fsp3) is 0.278. The first-order valence-corrected chi connectivity index (χ1v) is 7.92. The number of nitrogen functional groups attached to an aromatic ring is 1. The third-order valence-corrected chi connectivity index (χ3v) is 4.02. The van der Waals surface area contributed by atoms with Gasteiger partial charge in [-0.3, -0.25) is 4.79 Å². The van der Waals surface area contributed by atoms with Crippen molar-refractivity contribution < 1.29 is 9.53 Å². The van der Waals surface area contributed by atoms with Gasteiger partial charge in [0.25, 0.3) is 5.91 Å². The molecule has 0 aliphatic carbocycles. The summed E-state index contributed by atoms with van der Waals surface area (Å²) in [6, 6.07) is 11.5. The van der Waals surface area contributed by atoms with Crippen LogP contribution in [-0.4, -0.2) is 19.6 Å². The molecular formula is C18H21ClN2O2. The van der Waals surface area contributed by atoms with Gasteiger partial charge in [0.05, 0.1) is 23.4 Å². The smallest absolute Gasteiger partial charge is 0.255 e. The van der Waals surface area contributed by atoms with Gasteiger partial charge in [0.15, 0.2) is 0 Å². The van der Waals surface area contributed by atoms with E-state index in [9.17, 15) is 4.79 Å². The Bertz CT molecular complexity index is 684. The molecule has 0 aliphatic heterocycles. The molecule has 0 bridgehead atoms. The van der Waals surface area contributed by atoms with E-state index in [1.54, 1.807) is 6.07 Å². The largest absolute Gasteiger partial charge is 0.496 e. The lowest BCUT2D eigenvalue weighted by Crippen LogP contribution is -2.26. The zero-order valence-corrected chi connectivity index (χ0v) is 14.1. The van der Waals surface area contributed by atoms with E-state index in [0.717, 1.165) is 12.8 Å². The molecule has 0 spiro atoms. The molecule has 23 heavy (non-hydrogen) atoms. The van der Waals surface area contributed by atoms with Crippen LogP contribution in [0.25, 0.3) is 0 Å². The second-order valence-corrected chi connectivity index (χ2v) is 5.66. The quantitative estimate of drug-likeness (QED) is 0.796. The van der Waals surface area contributed by atoms with Gasteiger partial charge in [0.1, 0.15) is 5.75 Å². The van der Waals surface area contributed by atoms with Crippen LogP contribution in [0.3, 0.4) is 0 Å². The zero-order valence-electron chi connectivity index (χ0n) is 13.4. The first-order valence-electron chi connectivity index (χ1n) is 7.54. The maximum absolute atomic E-state index is 12.3. The fourth-order valence-corrected chi connectivity index (χ4v) is 2.44. The average Bonchev–Trinajstić information content (AvgIpc) is 2.57. The molecule has 0 radical (unpaired) electrons. The highest BCUT2D eigenvalue weighted by Gasteiger charge is 2.14. The number of aryl methyl sites for hydroxylation is 1. The number of nitrogens with one attached hydrogen (secondary N) is 1. The van der Waals surface area contributed by atoms with Gasteiger partial charge >= 0.3 is 0 Å². The van der Waals surface area contributed by atoms with Crippen LogP contribution >= 0.6 is 11.6 Å². The lowest BCUT2D eigenvalue weighted by atomic mass is 10.1. The van der Waals surface area contributed by atoms with Crippen LogP contribution in [0.2, 0.25) is 5.02 Å². The second kappa shape index (κ2) is 7.88. The van der Waals surface area contributed by atoms with Gasteiger partial charge in [0, 0.05) is 12.6 Å². The van der Waals surface area contributed by atoms with Crippen LogP contribution in [-0.2, 0) is 12.8 Å². The molecule has 4 nitrogen and oxygen atoms in total. The zero-order chi connectivity index (χ0) is 16.8. The predicted molar refractivity (Wildman–Crippen MR) is 94.3 cm³/mol. The molecule has 3 N–H and O–H groups in total. The van der Waals surface area contributed by atoms with Gasteiger partial charge in [-0.05, 0) is 30.0 Å². The van der Waals surface area contributed by atoms with Crippen LogP contribution in [0.5, 0.6) is 5.75 Å². The first-order chi connectivity index (χ1) is 11.0. The Morgan fingerprint density at radius 1 is 1.22 bits per heavy atom. The van der Waals surface area contributed by atoms with Gasteiger partial charge in [-0.15, -0.1) is 0 Å². The summed E-state index contributed by atoms with van der Waals surface area (Å²) in [5, 5.41) is 3.22. The summed E-state index contributed by atoms with van der Waals surface area (Å²) in [5.74, 6) is 0.186. The lowest BCUT2D eigenvalue weighted by Gasteiger charge is -2.11. The first kappa shape index (κ1) is 17.2. The molecular weight excluding hydrogens is 312 g/mol. The van der Waals surface area contributed by atoms with Crippen LogP contribution in [0.1, 0.15) is 28.4 Å². The molecule has 0 atom stereocenters. The van der Waals surface area contributed by atoms with Crippen molar-refractivity contribution in [3.63, 3.8) is 0 Å². The van der Waals surface area contributed by atoms with E-state index in [-0.39, 0.29) is 5.91 Å². The fourth-order valence-electron chi connectivity index (χ4n) is 2.27. The molecule has 0 fully saturated rings. The molecule has 0 unspecified atom stereocenters. The van der Waals surface area contributed by atoms with Crippen molar-refractivity contribution in [2.24, 2.45) is 0 Å². The van der Waals surface area contributed by atoms with E-state index in [0.29, 0.717) is 28.6 Å². The normalized spacial score (nSPS) is 10.4. The number of nitrogens with two attached hydrogens (primary N) is 1. The summed E-state index contributed by atoms with van der Waals surface area (Å²) >= 11 is 5.98. The highest BCUT2D eigenvalue weighted by Crippen LogP contribution is 2.28. The van der Waals surface area contributed by atoms with E-state index >= 15 is 0 Å². The molecule has 0 saturated heterocycles. The summed E-state index contributed by atoms with van der Waals surface area (Å²) in [5.41, 5.74) is 8.98. The van der Waals surface area contributed by atoms with Crippen molar-refractivity contribution in [2.75, 3.05) is 19.4 Å². The summed E-state index contributed by atoms with van der Waals surface area (Å²) in [4.78, 5) is 12.3. The number of rotatable bonds is 6. The number of anilines is 1. The van der Waals surface area contributed by atoms with Crippen molar-refractivity contribution >= 4 is 23.2 Å². The van der Waals surface area contributed by atoms with E-state index in [1.807, 2.05) is 0 Å². The van der Waals surface area contributed by atoms with Crippen LogP contribution in [0.4, 0.5) is 5.69 Å². The predicted octanol–water partition coefficient (Wildman–Crippen LogP) is 3.47. The summed E-state index contributed by atoms with van der Waals surface area (Å²) in [6.45, 7) is 2.66. The molecule has 2 aromatic rings. The molecule has 0 saturated carbocycles. The van der Waals surface area contributed by atoms with E-state index in [2.05, 4.69) is 36.5 Å². The van der Waals surface area contributed by atoms with Crippen molar-refractivity contribution in [2.45, 2.75) is 19.8 Å². The Labute approximate surface area is 141 Å². The average molecular weight is 333 g/mol.